The van der Waals surface area contributed by atoms with Crippen LogP contribution in [0.4, 0.5) is 0 Å². The molecule has 0 aromatic heterocycles. The Labute approximate surface area is 56.5 Å². The first-order valence-electron chi connectivity index (χ1n) is 2.46. The van der Waals surface area contributed by atoms with Crippen molar-refractivity contribution in [3.05, 3.63) is 0 Å². The summed E-state index contributed by atoms with van der Waals surface area (Å²) in [6.45, 7) is 0. The lowest BCUT2D eigenvalue weighted by Gasteiger charge is -1.91. The number of amides is 1. The molecule has 0 spiro atoms. The van der Waals surface area contributed by atoms with Gasteiger partial charge in [0.05, 0.1) is 0 Å². The number of nitrogens with one attached hydrogen (secondary N) is 1. The average molecular weight is 145 g/mol. The maximum absolute atomic E-state index is 10.5. The quantitative estimate of drug-likeness (QED) is 0.360. The van der Waals surface area contributed by atoms with E-state index in [9.17, 15) is 9.59 Å². The van der Waals surface area contributed by atoms with Gasteiger partial charge in [0.2, 0.25) is 5.78 Å². The van der Waals surface area contributed by atoms with Gasteiger partial charge in [0.25, 0.3) is 0 Å². The molecular formula is C4H5N2O2S. The van der Waals surface area contributed by atoms with Crippen molar-refractivity contribution in [3.63, 3.8) is 0 Å². The summed E-state index contributed by atoms with van der Waals surface area (Å²) in [4.78, 5) is 24.5. The van der Waals surface area contributed by atoms with Crippen LogP contribution in [0.15, 0.2) is 0 Å². The normalized spacial score (nSPS) is 20.9. The van der Waals surface area contributed by atoms with Crippen LogP contribution < -0.4 is 10.3 Å². The first-order valence-corrected chi connectivity index (χ1v) is 3.40. The van der Waals surface area contributed by atoms with Crippen molar-refractivity contribution in [2.75, 3.05) is 5.75 Å². The van der Waals surface area contributed by atoms with E-state index in [1.165, 1.54) is 11.9 Å². The molecule has 5 heteroatoms. The Morgan fingerprint density at radius 3 is 3.11 bits per heavy atom. The third-order valence-corrected chi connectivity index (χ3v) is 1.49. The second kappa shape index (κ2) is 2.84. The predicted octanol–water partition coefficient (Wildman–Crippen LogP) is -0.757. The van der Waals surface area contributed by atoms with E-state index in [4.69, 9.17) is 0 Å². The summed E-state index contributed by atoms with van der Waals surface area (Å²) in [6.07, 6.45) is 0.292. The molecule has 49 valence electrons. The molecule has 1 radical (unpaired) electrons. The lowest BCUT2D eigenvalue weighted by molar-refractivity contribution is -0.137. The Hall–Kier alpha value is -0.550. The molecule has 4 nitrogen and oxygen atoms in total. The minimum atomic E-state index is -0.597. The minimum Gasteiger partial charge on any atom is -0.289 e. The zero-order chi connectivity index (χ0) is 6.69. The number of nitrogens with zero attached hydrogens (tertiary/aromatic N) is 1. The van der Waals surface area contributed by atoms with E-state index < -0.39 is 5.91 Å². The van der Waals surface area contributed by atoms with Gasteiger partial charge in [-0.2, -0.15) is 0 Å². The van der Waals surface area contributed by atoms with E-state index in [0.717, 1.165) is 0 Å². The zero-order valence-corrected chi connectivity index (χ0v) is 5.40. The first-order chi connectivity index (χ1) is 4.30. The van der Waals surface area contributed by atoms with Crippen LogP contribution in [0.2, 0.25) is 0 Å². The van der Waals surface area contributed by atoms with Gasteiger partial charge in [-0.15, -0.1) is 0 Å². The lowest BCUT2D eigenvalue weighted by atomic mass is 10.3. The van der Waals surface area contributed by atoms with Gasteiger partial charge >= 0.3 is 5.91 Å². The third-order valence-electron chi connectivity index (χ3n) is 0.885. The summed E-state index contributed by atoms with van der Waals surface area (Å²) in [5, 5.41) is 0. The van der Waals surface area contributed by atoms with E-state index in [1.54, 1.807) is 0 Å². The number of hydrogen-bond acceptors (Lipinski definition) is 3. The van der Waals surface area contributed by atoms with Gasteiger partial charge in [-0.25, -0.2) is 0 Å². The molecule has 0 atom stereocenters. The molecule has 1 saturated heterocycles. The molecule has 1 amide bonds. The van der Waals surface area contributed by atoms with Gasteiger partial charge in [-0.3, -0.25) is 15.0 Å². The second-order valence-electron chi connectivity index (χ2n) is 1.54. The number of carbonyl (C=O) groups is 2. The van der Waals surface area contributed by atoms with Crippen LogP contribution in [0.5, 0.6) is 0 Å². The summed E-state index contributed by atoms with van der Waals surface area (Å²) < 4.78 is 0. The Kier molecular flexibility index (Phi) is 2.07. The van der Waals surface area contributed by atoms with Crippen LogP contribution >= 0.6 is 11.9 Å². The minimum absolute atomic E-state index is 0.292. The molecule has 1 fully saturated rings. The molecule has 1 N–H and O–H groups in total. The highest BCUT2D eigenvalue weighted by atomic mass is 32.2. The number of Topliss-reactive ketones (excluding diaryl/α,β-unsaturated/α-hetero) is 1. The van der Waals surface area contributed by atoms with Crippen LogP contribution in [0.25, 0.3) is 0 Å². The van der Waals surface area contributed by atoms with Crippen molar-refractivity contribution in [1.82, 2.24) is 10.3 Å². The number of ketones is 1. The fourth-order valence-electron chi connectivity index (χ4n) is 0.434. The number of rotatable bonds is 0. The molecule has 0 aliphatic carbocycles. The van der Waals surface area contributed by atoms with Crippen molar-refractivity contribution in [3.8, 4) is 0 Å². The summed E-state index contributed by atoms with van der Waals surface area (Å²) in [7, 11) is 0. The molecule has 0 saturated carbocycles. The Morgan fingerprint density at radius 1 is 1.56 bits per heavy atom. The fourth-order valence-corrected chi connectivity index (χ4v) is 0.949. The smallest absolute Gasteiger partial charge is 0.289 e. The molecule has 1 aliphatic rings. The van der Waals surface area contributed by atoms with Gasteiger partial charge in [0, 0.05) is 12.2 Å². The number of hydrogen-bond donors (Lipinski definition) is 1. The van der Waals surface area contributed by atoms with Gasteiger partial charge in [0.1, 0.15) is 0 Å². The van der Waals surface area contributed by atoms with E-state index in [-0.39, 0.29) is 5.78 Å². The fraction of sp³-hybridized carbons (Fsp3) is 0.500. The molecule has 0 aromatic rings. The monoisotopic (exact) mass is 145 g/mol. The molecule has 1 rings (SSSR count). The lowest BCUT2D eigenvalue weighted by Crippen LogP contribution is -2.31. The van der Waals surface area contributed by atoms with Crippen molar-refractivity contribution in [1.29, 1.82) is 0 Å². The largest absolute Gasteiger partial charge is 0.303 e. The highest BCUT2D eigenvalue weighted by molar-refractivity contribution is 7.97. The zero-order valence-electron chi connectivity index (χ0n) is 4.59. The first kappa shape index (κ1) is 6.57. The molecule has 1 aliphatic heterocycles. The molecule has 0 unspecified atom stereocenters. The van der Waals surface area contributed by atoms with Crippen LogP contribution in [0.1, 0.15) is 6.42 Å². The molecule has 1 heterocycles. The number of carbonyl (C=O) groups excluding carboxylic acids is 2. The maximum Gasteiger partial charge on any atom is 0.303 e. The van der Waals surface area contributed by atoms with Crippen molar-refractivity contribution < 1.29 is 9.59 Å². The summed E-state index contributed by atoms with van der Waals surface area (Å²) in [6, 6.07) is 0. The third kappa shape index (κ3) is 1.69. The van der Waals surface area contributed by atoms with Gasteiger partial charge in [0.15, 0.2) is 0 Å². The molecule has 0 aromatic carbocycles. The van der Waals surface area contributed by atoms with E-state index >= 15 is 0 Å². The predicted molar refractivity (Wildman–Crippen MR) is 32.4 cm³/mol. The van der Waals surface area contributed by atoms with Gasteiger partial charge < -0.3 is 0 Å². The summed E-state index contributed by atoms with van der Waals surface area (Å²) in [5.74, 6) is -0.388. The SMILES string of the molecule is O=C1CCS[N]NC1=O. The topological polar surface area (TPSA) is 60.3 Å². The maximum atomic E-state index is 10.5. The van der Waals surface area contributed by atoms with Crippen LogP contribution in [0.3, 0.4) is 0 Å². The van der Waals surface area contributed by atoms with E-state index in [2.05, 4.69) is 10.3 Å². The summed E-state index contributed by atoms with van der Waals surface area (Å²) >= 11 is 1.20. The summed E-state index contributed by atoms with van der Waals surface area (Å²) in [5.41, 5.74) is 2.09. The molecule has 0 bridgehead atoms. The van der Waals surface area contributed by atoms with Crippen LogP contribution in [-0.2, 0) is 9.59 Å². The van der Waals surface area contributed by atoms with Crippen molar-refractivity contribution in [2.45, 2.75) is 6.42 Å². The van der Waals surface area contributed by atoms with Crippen LogP contribution in [0, 0.1) is 0 Å². The highest BCUT2D eigenvalue weighted by Crippen LogP contribution is 2.01. The van der Waals surface area contributed by atoms with E-state index in [0.29, 0.717) is 12.2 Å². The van der Waals surface area contributed by atoms with E-state index in [1.807, 2.05) is 0 Å². The second-order valence-corrected chi connectivity index (χ2v) is 2.39. The Balaban J connectivity index is 2.51. The standard InChI is InChI=1S/C4H5N2O2S/c7-3-1-2-9-6-5-4(3)8/h1-2H2,(H,5,8). The molecular weight excluding hydrogens is 140 g/mol. The van der Waals surface area contributed by atoms with Crippen LogP contribution in [-0.4, -0.2) is 17.4 Å². The Bertz CT molecular complexity index is 132. The van der Waals surface area contributed by atoms with Gasteiger partial charge in [-0.05, 0) is 11.9 Å². The van der Waals surface area contributed by atoms with Crippen molar-refractivity contribution in [2.24, 2.45) is 0 Å². The molecule has 9 heavy (non-hydrogen) atoms. The highest BCUT2D eigenvalue weighted by Gasteiger charge is 2.16. The Morgan fingerprint density at radius 2 is 2.33 bits per heavy atom. The van der Waals surface area contributed by atoms with Gasteiger partial charge in [-0.1, -0.05) is 4.83 Å². The van der Waals surface area contributed by atoms with Crippen molar-refractivity contribution >= 4 is 23.6 Å². The average Bonchev–Trinajstić information content (AvgIpc) is 1.99.